The molecule has 1 heterocycles. The van der Waals surface area contributed by atoms with Crippen molar-refractivity contribution in [3.05, 3.63) is 77.6 Å². The van der Waals surface area contributed by atoms with Crippen molar-refractivity contribution in [3.63, 3.8) is 0 Å². The first kappa shape index (κ1) is 16.4. The topological polar surface area (TPSA) is 79.3 Å². The Morgan fingerprint density at radius 1 is 1.08 bits per heavy atom. The zero-order valence-electron chi connectivity index (χ0n) is 13.6. The molecule has 0 aliphatic rings. The molecule has 0 radical (unpaired) electrons. The molecule has 0 atom stereocenters. The number of anilines is 1. The lowest BCUT2D eigenvalue weighted by Crippen LogP contribution is -2.15. The predicted octanol–water partition coefficient (Wildman–Crippen LogP) is 3.98. The second-order valence-electron chi connectivity index (χ2n) is 5.61. The van der Waals surface area contributed by atoms with Crippen molar-refractivity contribution in [3.8, 4) is 0 Å². The van der Waals surface area contributed by atoms with Gasteiger partial charge in [0.05, 0.1) is 5.69 Å². The van der Waals surface area contributed by atoms with Gasteiger partial charge in [0.2, 0.25) is 0 Å². The van der Waals surface area contributed by atoms with Gasteiger partial charge in [0.15, 0.2) is 0 Å². The molecule has 5 heteroatoms. The fourth-order valence-electron chi connectivity index (χ4n) is 2.51. The highest BCUT2D eigenvalue weighted by Gasteiger charge is 2.13. The molecule has 1 aromatic heterocycles. The van der Waals surface area contributed by atoms with E-state index in [0.717, 1.165) is 16.3 Å². The van der Waals surface area contributed by atoms with Crippen LogP contribution >= 0.6 is 0 Å². The highest BCUT2D eigenvalue weighted by atomic mass is 16.4. The van der Waals surface area contributed by atoms with E-state index in [1.54, 1.807) is 13.0 Å². The maximum Gasteiger partial charge on any atom is 0.339 e. The van der Waals surface area contributed by atoms with Gasteiger partial charge in [0.25, 0.3) is 5.91 Å². The molecule has 2 N–H and O–H groups in total. The van der Waals surface area contributed by atoms with Crippen LogP contribution in [0, 0.1) is 0 Å². The zero-order valence-corrected chi connectivity index (χ0v) is 13.6. The second-order valence-corrected chi connectivity index (χ2v) is 5.61. The number of carboxylic acid groups (broad SMARTS) is 1. The number of benzene rings is 2. The number of carbonyl (C=O) groups is 2. The molecule has 0 spiro atoms. The van der Waals surface area contributed by atoms with E-state index in [2.05, 4.69) is 10.3 Å². The van der Waals surface area contributed by atoms with E-state index in [1.807, 2.05) is 42.5 Å². The van der Waals surface area contributed by atoms with E-state index in [4.69, 9.17) is 5.11 Å². The summed E-state index contributed by atoms with van der Waals surface area (Å²) in [6.45, 7) is 1.69. The number of hydrogen-bond donors (Lipinski definition) is 2. The smallest absolute Gasteiger partial charge is 0.339 e. The van der Waals surface area contributed by atoms with Gasteiger partial charge in [-0.1, -0.05) is 36.4 Å². The molecule has 0 unspecified atom stereocenters. The van der Waals surface area contributed by atoms with Gasteiger partial charge in [0, 0.05) is 18.0 Å². The third-order valence-electron chi connectivity index (χ3n) is 3.81. The molecule has 0 bridgehead atoms. The third kappa shape index (κ3) is 3.72. The Morgan fingerprint density at radius 3 is 2.60 bits per heavy atom. The van der Waals surface area contributed by atoms with Crippen LogP contribution in [-0.2, 0) is 4.79 Å². The molecule has 1 amide bonds. The Kier molecular flexibility index (Phi) is 4.57. The Balaban J connectivity index is 1.84. The van der Waals surface area contributed by atoms with E-state index >= 15 is 0 Å². The number of fused-ring (bicyclic) bond motifs is 1. The first-order valence-electron chi connectivity index (χ1n) is 7.70. The summed E-state index contributed by atoms with van der Waals surface area (Å²) in [4.78, 5) is 27.3. The normalized spacial score (nSPS) is 11.3. The number of aromatic nitrogens is 1. The van der Waals surface area contributed by atoms with Crippen molar-refractivity contribution < 1.29 is 14.7 Å². The summed E-state index contributed by atoms with van der Waals surface area (Å²) in [5.41, 5.74) is 1.55. The van der Waals surface area contributed by atoms with E-state index in [1.165, 1.54) is 18.5 Å². The summed E-state index contributed by atoms with van der Waals surface area (Å²) in [5.74, 6) is -1.50. The van der Waals surface area contributed by atoms with Crippen LogP contribution in [0.2, 0.25) is 0 Å². The number of nitrogens with one attached hydrogen (secondary N) is 1. The number of carboxylic acids is 1. The molecule has 2 aromatic carbocycles. The standard InChI is InChI=1S/C20H16N2O3/c1-13(10-14-6-7-15-4-2-3-5-16(15)11-14)19(23)22-18-8-9-21-12-17(18)20(24)25/h2-12H,1H3,(H,24,25)(H,21,22,23)/b13-10+. The van der Waals surface area contributed by atoms with Crippen molar-refractivity contribution in [1.29, 1.82) is 0 Å². The summed E-state index contributed by atoms with van der Waals surface area (Å²) < 4.78 is 0. The van der Waals surface area contributed by atoms with Crippen molar-refractivity contribution in [1.82, 2.24) is 4.98 Å². The zero-order chi connectivity index (χ0) is 17.8. The summed E-state index contributed by atoms with van der Waals surface area (Å²) >= 11 is 0. The van der Waals surface area contributed by atoms with Crippen molar-refractivity contribution in [2.45, 2.75) is 6.92 Å². The monoisotopic (exact) mass is 332 g/mol. The van der Waals surface area contributed by atoms with Crippen LogP contribution in [-0.4, -0.2) is 22.0 Å². The summed E-state index contributed by atoms with van der Waals surface area (Å²) in [6, 6.07) is 15.4. The van der Waals surface area contributed by atoms with Crippen LogP contribution < -0.4 is 5.32 Å². The van der Waals surface area contributed by atoms with Crippen LogP contribution in [0.4, 0.5) is 5.69 Å². The minimum Gasteiger partial charge on any atom is -0.478 e. The van der Waals surface area contributed by atoms with Gasteiger partial charge in [-0.15, -0.1) is 0 Å². The fraction of sp³-hybridized carbons (Fsp3) is 0.0500. The van der Waals surface area contributed by atoms with Crippen LogP contribution in [0.15, 0.2) is 66.5 Å². The van der Waals surface area contributed by atoms with Crippen molar-refractivity contribution >= 4 is 34.4 Å². The van der Waals surface area contributed by atoms with E-state index in [0.29, 0.717) is 5.57 Å². The number of rotatable bonds is 4. The Labute approximate surface area is 144 Å². The molecule has 25 heavy (non-hydrogen) atoms. The molecule has 0 aliphatic carbocycles. The molecule has 0 fully saturated rings. The highest BCUT2D eigenvalue weighted by molar-refractivity contribution is 6.09. The van der Waals surface area contributed by atoms with E-state index in [9.17, 15) is 9.59 Å². The Morgan fingerprint density at radius 2 is 1.84 bits per heavy atom. The number of aromatic carboxylic acids is 1. The largest absolute Gasteiger partial charge is 0.478 e. The van der Waals surface area contributed by atoms with Gasteiger partial charge in [-0.3, -0.25) is 9.78 Å². The summed E-state index contributed by atoms with van der Waals surface area (Å²) in [7, 11) is 0. The number of carbonyl (C=O) groups excluding carboxylic acids is 1. The van der Waals surface area contributed by atoms with Crippen LogP contribution in [0.1, 0.15) is 22.8 Å². The number of nitrogens with zero attached hydrogens (tertiary/aromatic N) is 1. The van der Waals surface area contributed by atoms with Crippen LogP contribution in [0.3, 0.4) is 0 Å². The predicted molar refractivity (Wildman–Crippen MR) is 97.4 cm³/mol. The van der Waals surface area contributed by atoms with Crippen LogP contribution in [0.25, 0.3) is 16.8 Å². The van der Waals surface area contributed by atoms with Gasteiger partial charge in [0.1, 0.15) is 5.56 Å². The average Bonchev–Trinajstić information content (AvgIpc) is 2.61. The van der Waals surface area contributed by atoms with Gasteiger partial charge >= 0.3 is 5.97 Å². The molecule has 0 saturated carbocycles. The average molecular weight is 332 g/mol. The molecule has 3 aromatic rings. The minimum atomic E-state index is -1.14. The highest BCUT2D eigenvalue weighted by Crippen LogP contribution is 2.19. The molecular formula is C20H16N2O3. The lowest BCUT2D eigenvalue weighted by atomic mass is 10.1. The minimum absolute atomic E-state index is 0.0469. The second kappa shape index (κ2) is 6.97. The maximum atomic E-state index is 12.4. The molecule has 0 saturated heterocycles. The summed E-state index contributed by atoms with van der Waals surface area (Å²) in [5, 5.41) is 14.0. The molecular weight excluding hydrogens is 316 g/mol. The lowest BCUT2D eigenvalue weighted by molar-refractivity contribution is -0.112. The number of pyridine rings is 1. The maximum absolute atomic E-state index is 12.4. The van der Waals surface area contributed by atoms with Gasteiger partial charge in [-0.2, -0.15) is 0 Å². The third-order valence-corrected chi connectivity index (χ3v) is 3.81. The van der Waals surface area contributed by atoms with E-state index < -0.39 is 5.97 Å². The summed E-state index contributed by atoms with van der Waals surface area (Å²) in [6.07, 6.45) is 4.41. The van der Waals surface area contributed by atoms with Crippen molar-refractivity contribution in [2.75, 3.05) is 5.32 Å². The Hall–Kier alpha value is -3.47. The first-order valence-corrected chi connectivity index (χ1v) is 7.70. The molecule has 5 nitrogen and oxygen atoms in total. The quantitative estimate of drug-likeness (QED) is 0.708. The fourth-order valence-corrected chi connectivity index (χ4v) is 2.51. The lowest BCUT2D eigenvalue weighted by Gasteiger charge is -2.08. The first-order chi connectivity index (χ1) is 12.0. The SMILES string of the molecule is C/C(=C\c1ccc2ccccc2c1)C(=O)Nc1ccncc1C(=O)O. The Bertz CT molecular complexity index is 993. The molecule has 124 valence electrons. The van der Waals surface area contributed by atoms with Gasteiger partial charge in [-0.25, -0.2) is 4.79 Å². The van der Waals surface area contributed by atoms with Gasteiger partial charge in [-0.05, 0) is 41.5 Å². The van der Waals surface area contributed by atoms with E-state index in [-0.39, 0.29) is 17.2 Å². The van der Waals surface area contributed by atoms with Crippen LogP contribution in [0.5, 0.6) is 0 Å². The molecule has 3 rings (SSSR count). The molecule has 0 aliphatic heterocycles. The van der Waals surface area contributed by atoms with Gasteiger partial charge < -0.3 is 10.4 Å². The number of amides is 1. The van der Waals surface area contributed by atoms with Crippen molar-refractivity contribution in [2.24, 2.45) is 0 Å². The number of hydrogen-bond acceptors (Lipinski definition) is 3.